The second-order valence-electron chi connectivity index (χ2n) is 6.67. The van der Waals surface area contributed by atoms with E-state index in [1.807, 2.05) is 19.1 Å². The molecular weight excluding hydrogens is 446 g/mol. The van der Waals surface area contributed by atoms with Gasteiger partial charge in [-0.3, -0.25) is 9.88 Å². The summed E-state index contributed by atoms with van der Waals surface area (Å²) in [5, 5.41) is 0.698. The third kappa shape index (κ3) is 3.82. The Morgan fingerprint density at radius 3 is 2.59 bits per heavy atom. The molecule has 5 nitrogen and oxygen atoms in total. The van der Waals surface area contributed by atoms with Crippen molar-refractivity contribution >= 4 is 48.2 Å². The molecule has 0 radical (unpaired) electrons. The summed E-state index contributed by atoms with van der Waals surface area (Å²) in [7, 11) is -3.54. The number of rotatable bonds is 4. The predicted octanol–water partition coefficient (Wildman–Crippen LogP) is 3.87. The lowest BCUT2D eigenvalue weighted by atomic mass is 10.1. The van der Waals surface area contributed by atoms with E-state index < -0.39 is 10.0 Å². The average Bonchev–Trinajstić information content (AvgIpc) is 3.07. The second kappa shape index (κ2) is 7.60. The number of hydrogen-bond donors (Lipinski definition) is 0. The molecule has 1 aromatic carbocycles. The van der Waals surface area contributed by atoms with Gasteiger partial charge in [0, 0.05) is 49.2 Å². The molecule has 27 heavy (non-hydrogen) atoms. The number of hydrogen-bond acceptors (Lipinski definition) is 5. The van der Waals surface area contributed by atoms with E-state index in [1.165, 1.54) is 4.88 Å². The van der Waals surface area contributed by atoms with Gasteiger partial charge in [-0.05, 0) is 58.7 Å². The van der Waals surface area contributed by atoms with Gasteiger partial charge in [0.2, 0.25) is 10.0 Å². The van der Waals surface area contributed by atoms with Crippen molar-refractivity contribution in [3.05, 3.63) is 56.8 Å². The van der Waals surface area contributed by atoms with Crippen LogP contribution in [0.25, 0.3) is 10.9 Å². The van der Waals surface area contributed by atoms with Crippen molar-refractivity contribution in [2.45, 2.75) is 18.4 Å². The second-order valence-corrected chi connectivity index (χ2v) is 11.1. The molecule has 0 amide bonds. The molecule has 3 aromatic rings. The lowest BCUT2D eigenvalue weighted by Gasteiger charge is -2.33. The van der Waals surface area contributed by atoms with Gasteiger partial charge in [-0.2, -0.15) is 4.31 Å². The molecule has 3 heterocycles. The highest BCUT2D eigenvalue weighted by Crippen LogP contribution is 2.28. The maximum absolute atomic E-state index is 13.3. The summed E-state index contributed by atoms with van der Waals surface area (Å²) in [5.41, 5.74) is 1.73. The fourth-order valence-electron chi connectivity index (χ4n) is 3.44. The Morgan fingerprint density at radius 1 is 1.11 bits per heavy atom. The number of fused-ring (bicyclic) bond motifs is 1. The first-order valence-corrected chi connectivity index (χ1v) is 11.8. The normalized spacial score (nSPS) is 16.8. The maximum Gasteiger partial charge on any atom is 0.243 e. The number of halogens is 1. The molecule has 142 valence electrons. The topological polar surface area (TPSA) is 53.5 Å². The highest BCUT2D eigenvalue weighted by Gasteiger charge is 2.30. The van der Waals surface area contributed by atoms with Crippen LogP contribution in [0.15, 0.2) is 51.3 Å². The molecule has 0 bridgehead atoms. The number of aromatic nitrogens is 1. The van der Waals surface area contributed by atoms with Gasteiger partial charge in [0.05, 0.1) is 14.2 Å². The smallest absolute Gasteiger partial charge is 0.243 e. The van der Waals surface area contributed by atoms with Crippen LogP contribution in [0.4, 0.5) is 0 Å². The summed E-state index contributed by atoms with van der Waals surface area (Å²) in [6, 6.07) is 11.4. The Labute approximate surface area is 171 Å². The minimum atomic E-state index is -3.54. The van der Waals surface area contributed by atoms with Crippen LogP contribution in [0.5, 0.6) is 0 Å². The molecule has 1 saturated heterocycles. The third-order valence-corrected chi connectivity index (χ3v) is 8.45. The van der Waals surface area contributed by atoms with Crippen LogP contribution in [0.2, 0.25) is 0 Å². The molecule has 0 atom stereocenters. The first kappa shape index (κ1) is 19.0. The number of sulfonamides is 1. The molecule has 8 heteroatoms. The Morgan fingerprint density at radius 2 is 1.89 bits per heavy atom. The van der Waals surface area contributed by atoms with Gasteiger partial charge in [-0.1, -0.05) is 6.07 Å². The Bertz CT molecular complexity index is 1070. The van der Waals surface area contributed by atoms with E-state index >= 15 is 0 Å². The Balaban J connectivity index is 1.53. The van der Waals surface area contributed by atoms with Crippen molar-refractivity contribution in [1.82, 2.24) is 14.2 Å². The van der Waals surface area contributed by atoms with Crippen molar-refractivity contribution in [3.8, 4) is 0 Å². The van der Waals surface area contributed by atoms with E-state index in [2.05, 4.69) is 37.9 Å². The van der Waals surface area contributed by atoms with E-state index in [0.29, 0.717) is 23.4 Å². The van der Waals surface area contributed by atoms with Gasteiger partial charge in [-0.15, -0.1) is 11.3 Å². The van der Waals surface area contributed by atoms with Crippen molar-refractivity contribution < 1.29 is 8.42 Å². The molecule has 0 aliphatic carbocycles. The summed E-state index contributed by atoms with van der Waals surface area (Å²) in [5.74, 6) is 0. The van der Waals surface area contributed by atoms with Gasteiger partial charge in [0.1, 0.15) is 0 Å². The molecule has 0 unspecified atom stereocenters. The van der Waals surface area contributed by atoms with E-state index in [-0.39, 0.29) is 0 Å². The first-order chi connectivity index (χ1) is 12.9. The highest BCUT2D eigenvalue weighted by atomic mass is 79.9. The molecule has 1 aliphatic rings. The molecule has 0 N–H and O–H groups in total. The highest BCUT2D eigenvalue weighted by molar-refractivity contribution is 9.11. The monoisotopic (exact) mass is 465 g/mol. The number of thiophene rings is 1. The van der Waals surface area contributed by atoms with Gasteiger partial charge in [-0.25, -0.2) is 8.42 Å². The van der Waals surface area contributed by atoms with Crippen molar-refractivity contribution in [2.75, 3.05) is 26.2 Å². The average molecular weight is 466 g/mol. The van der Waals surface area contributed by atoms with Crippen molar-refractivity contribution in [1.29, 1.82) is 0 Å². The van der Waals surface area contributed by atoms with E-state index in [4.69, 9.17) is 0 Å². The standard InChI is InChI=1S/C19H20BrN3O2S2/c1-14-4-6-17(16-3-2-8-21-19(14)16)27(24,25)23-11-9-22(10-12-23)13-15-5-7-18(20)26-15/h2-8H,9-13H2,1H3. The fraction of sp³-hybridized carbons (Fsp3) is 0.316. The van der Waals surface area contributed by atoms with E-state index in [0.717, 1.165) is 34.5 Å². The van der Waals surface area contributed by atoms with Crippen LogP contribution in [0.3, 0.4) is 0 Å². The largest absolute Gasteiger partial charge is 0.296 e. The summed E-state index contributed by atoms with van der Waals surface area (Å²) in [4.78, 5) is 8.31. The summed E-state index contributed by atoms with van der Waals surface area (Å²) < 4.78 is 29.2. The maximum atomic E-state index is 13.3. The van der Waals surface area contributed by atoms with Crippen molar-refractivity contribution in [3.63, 3.8) is 0 Å². The van der Waals surface area contributed by atoms with Crippen LogP contribution in [0, 0.1) is 6.92 Å². The minimum absolute atomic E-state index is 0.354. The lowest BCUT2D eigenvalue weighted by Crippen LogP contribution is -2.48. The third-order valence-electron chi connectivity index (χ3n) is 4.89. The van der Waals surface area contributed by atoms with Crippen LogP contribution < -0.4 is 0 Å². The van der Waals surface area contributed by atoms with E-state index in [9.17, 15) is 8.42 Å². The minimum Gasteiger partial charge on any atom is -0.296 e. The van der Waals surface area contributed by atoms with Crippen LogP contribution >= 0.6 is 27.3 Å². The molecule has 2 aromatic heterocycles. The molecule has 1 aliphatic heterocycles. The predicted molar refractivity (Wildman–Crippen MR) is 113 cm³/mol. The number of pyridine rings is 1. The Kier molecular flexibility index (Phi) is 5.35. The van der Waals surface area contributed by atoms with Crippen molar-refractivity contribution in [2.24, 2.45) is 0 Å². The zero-order chi connectivity index (χ0) is 19.0. The molecule has 4 rings (SSSR count). The first-order valence-electron chi connectivity index (χ1n) is 8.76. The number of aryl methyl sites for hydroxylation is 1. The zero-order valence-corrected chi connectivity index (χ0v) is 18.1. The summed E-state index contributed by atoms with van der Waals surface area (Å²) >= 11 is 5.21. The summed E-state index contributed by atoms with van der Waals surface area (Å²) in [6.07, 6.45) is 1.70. The van der Waals surface area contributed by atoms with Crippen LogP contribution in [0.1, 0.15) is 10.4 Å². The van der Waals surface area contributed by atoms with Gasteiger partial charge in [0.25, 0.3) is 0 Å². The fourth-order valence-corrected chi connectivity index (χ4v) is 6.57. The van der Waals surface area contributed by atoms with Gasteiger partial charge < -0.3 is 0 Å². The van der Waals surface area contributed by atoms with Crippen LogP contribution in [-0.4, -0.2) is 48.8 Å². The SMILES string of the molecule is Cc1ccc(S(=O)(=O)N2CCN(Cc3ccc(Br)s3)CC2)c2cccnc12. The number of piperazine rings is 1. The quantitative estimate of drug-likeness (QED) is 0.586. The molecule has 0 saturated carbocycles. The van der Waals surface area contributed by atoms with Gasteiger partial charge >= 0.3 is 0 Å². The molecule has 0 spiro atoms. The lowest BCUT2D eigenvalue weighted by molar-refractivity contribution is 0.183. The number of benzene rings is 1. The Hall–Kier alpha value is -1.32. The van der Waals surface area contributed by atoms with E-state index in [1.54, 1.807) is 34.0 Å². The molecular formula is C19H20BrN3O2S2. The number of nitrogens with zero attached hydrogens (tertiary/aromatic N) is 3. The zero-order valence-electron chi connectivity index (χ0n) is 14.9. The summed E-state index contributed by atoms with van der Waals surface area (Å²) in [6.45, 7) is 5.29. The van der Waals surface area contributed by atoms with Gasteiger partial charge in [0.15, 0.2) is 0 Å². The van der Waals surface area contributed by atoms with Crippen LogP contribution in [-0.2, 0) is 16.6 Å². The molecule has 1 fully saturated rings.